The Balaban J connectivity index is 1.77. The molecule has 158 valence electrons. The molecule has 2 aromatic heterocycles. The molecule has 3 aromatic rings. The van der Waals surface area contributed by atoms with Crippen molar-refractivity contribution in [2.45, 2.75) is 38.9 Å². The number of alkyl carbamates (subject to hydrolysis) is 1. The third-order valence-corrected chi connectivity index (χ3v) is 5.30. The number of rotatable bonds is 6. The number of carbonyl (C=O) groups excluding carboxylic acids is 2. The summed E-state index contributed by atoms with van der Waals surface area (Å²) in [6.45, 7) is 5.33. The number of thiophene rings is 1. The molecule has 2 heterocycles. The number of aliphatic hydroxyl groups is 1. The van der Waals surface area contributed by atoms with E-state index in [-0.39, 0.29) is 19.1 Å². The molecule has 0 radical (unpaired) electrons. The van der Waals surface area contributed by atoms with Gasteiger partial charge in [0.05, 0.1) is 22.2 Å². The van der Waals surface area contributed by atoms with Gasteiger partial charge in [-0.05, 0) is 49.4 Å². The normalized spacial score (nSPS) is 12.4. The third kappa shape index (κ3) is 5.77. The fraction of sp³-hybridized carbons (Fsp3) is 0.318. The van der Waals surface area contributed by atoms with E-state index in [0.717, 1.165) is 21.2 Å². The fourth-order valence-electron chi connectivity index (χ4n) is 2.87. The molecule has 1 aromatic carbocycles. The number of hydrogen-bond acceptors (Lipinski definition) is 6. The van der Waals surface area contributed by atoms with Crippen molar-refractivity contribution >= 4 is 38.4 Å². The van der Waals surface area contributed by atoms with Gasteiger partial charge in [-0.15, -0.1) is 11.3 Å². The summed E-state index contributed by atoms with van der Waals surface area (Å²) in [7, 11) is 0. The average molecular weight is 428 g/mol. The van der Waals surface area contributed by atoms with Gasteiger partial charge in [-0.1, -0.05) is 24.3 Å². The zero-order valence-electron chi connectivity index (χ0n) is 17.1. The molecule has 0 aliphatic carbocycles. The van der Waals surface area contributed by atoms with Crippen LogP contribution >= 0.6 is 11.3 Å². The highest BCUT2D eigenvalue weighted by molar-refractivity contribution is 7.22. The van der Waals surface area contributed by atoms with Gasteiger partial charge in [0.15, 0.2) is 0 Å². The first kappa shape index (κ1) is 21.7. The SMILES string of the molecule is CC(C)(C)OC(=O)NCC(C(=O)Nc1cc2ccncc2s1)c1ccc(CO)cc1. The monoisotopic (exact) mass is 427 g/mol. The molecule has 3 rings (SSSR count). The van der Waals surface area contributed by atoms with E-state index >= 15 is 0 Å². The topological polar surface area (TPSA) is 101 Å². The largest absolute Gasteiger partial charge is 0.444 e. The summed E-state index contributed by atoms with van der Waals surface area (Å²) in [4.78, 5) is 29.3. The van der Waals surface area contributed by atoms with Gasteiger partial charge in [0.2, 0.25) is 5.91 Å². The van der Waals surface area contributed by atoms with Gasteiger partial charge >= 0.3 is 6.09 Å². The molecule has 0 spiro atoms. The zero-order chi connectivity index (χ0) is 21.7. The fourth-order valence-corrected chi connectivity index (χ4v) is 3.80. The van der Waals surface area contributed by atoms with Crippen molar-refractivity contribution < 1.29 is 19.4 Å². The van der Waals surface area contributed by atoms with Crippen molar-refractivity contribution in [3.8, 4) is 0 Å². The minimum atomic E-state index is -0.631. The number of hydrogen-bond donors (Lipinski definition) is 3. The average Bonchev–Trinajstić information content (AvgIpc) is 3.09. The standard InChI is InChI=1S/C22H25N3O4S/c1-22(2,3)29-21(28)24-11-17(15-6-4-14(13-26)5-7-15)20(27)25-19-10-16-8-9-23-12-18(16)30-19/h4-10,12,17,26H,11,13H2,1-3H3,(H,24,28)(H,25,27). The molecule has 0 aliphatic rings. The third-order valence-electron chi connectivity index (χ3n) is 4.30. The van der Waals surface area contributed by atoms with E-state index in [2.05, 4.69) is 15.6 Å². The van der Waals surface area contributed by atoms with Gasteiger partial charge in [0, 0.05) is 18.9 Å². The molecule has 1 atom stereocenters. The molecule has 1 unspecified atom stereocenters. The highest BCUT2D eigenvalue weighted by atomic mass is 32.1. The Morgan fingerprint density at radius 2 is 1.93 bits per heavy atom. The lowest BCUT2D eigenvalue weighted by atomic mass is 9.97. The summed E-state index contributed by atoms with van der Waals surface area (Å²) in [5.41, 5.74) is 0.842. The van der Waals surface area contributed by atoms with Crippen LogP contribution in [-0.4, -0.2) is 34.2 Å². The van der Waals surface area contributed by atoms with Gasteiger partial charge < -0.3 is 20.5 Å². The number of aliphatic hydroxyl groups excluding tert-OH is 1. The smallest absolute Gasteiger partial charge is 0.407 e. The van der Waals surface area contributed by atoms with Crippen LogP contribution in [0.25, 0.3) is 10.1 Å². The number of nitrogens with zero attached hydrogens (tertiary/aromatic N) is 1. The predicted molar refractivity (Wildman–Crippen MR) is 118 cm³/mol. The zero-order valence-corrected chi connectivity index (χ0v) is 18.0. The van der Waals surface area contributed by atoms with E-state index in [4.69, 9.17) is 4.74 Å². The van der Waals surface area contributed by atoms with Crippen LogP contribution in [0.4, 0.5) is 9.80 Å². The van der Waals surface area contributed by atoms with Crippen LogP contribution in [0.1, 0.15) is 37.8 Å². The molecular weight excluding hydrogens is 402 g/mol. The van der Waals surface area contributed by atoms with E-state index in [1.54, 1.807) is 57.4 Å². The van der Waals surface area contributed by atoms with Crippen molar-refractivity contribution in [1.29, 1.82) is 0 Å². The number of benzene rings is 1. The summed E-state index contributed by atoms with van der Waals surface area (Å²) in [6, 6.07) is 10.9. The Kier molecular flexibility index (Phi) is 6.69. The van der Waals surface area contributed by atoms with Crippen molar-refractivity contribution in [2.24, 2.45) is 0 Å². The van der Waals surface area contributed by atoms with Crippen molar-refractivity contribution in [2.75, 3.05) is 11.9 Å². The van der Waals surface area contributed by atoms with Gasteiger partial charge in [0.1, 0.15) is 5.60 Å². The lowest BCUT2D eigenvalue weighted by Gasteiger charge is -2.22. The molecule has 0 saturated heterocycles. The quantitative estimate of drug-likeness (QED) is 0.551. The maximum Gasteiger partial charge on any atom is 0.407 e. The highest BCUT2D eigenvalue weighted by Gasteiger charge is 2.24. The van der Waals surface area contributed by atoms with Gasteiger partial charge in [-0.25, -0.2) is 4.79 Å². The summed E-state index contributed by atoms with van der Waals surface area (Å²) in [6.07, 6.45) is 2.88. The van der Waals surface area contributed by atoms with E-state index < -0.39 is 17.6 Å². The minimum Gasteiger partial charge on any atom is -0.444 e. The predicted octanol–water partition coefficient (Wildman–Crippen LogP) is 4.04. The van der Waals surface area contributed by atoms with Crippen LogP contribution in [0.3, 0.4) is 0 Å². The van der Waals surface area contributed by atoms with E-state index in [1.807, 2.05) is 12.1 Å². The number of ether oxygens (including phenoxy) is 1. The van der Waals surface area contributed by atoms with Crippen LogP contribution in [0.2, 0.25) is 0 Å². The van der Waals surface area contributed by atoms with Crippen LogP contribution in [-0.2, 0) is 16.1 Å². The van der Waals surface area contributed by atoms with Crippen molar-refractivity contribution in [3.63, 3.8) is 0 Å². The molecule has 30 heavy (non-hydrogen) atoms. The number of anilines is 1. The molecule has 0 aliphatic heterocycles. The van der Waals surface area contributed by atoms with Crippen molar-refractivity contribution in [3.05, 3.63) is 59.9 Å². The van der Waals surface area contributed by atoms with E-state index in [0.29, 0.717) is 5.00 Å². The van der Waals surface area contributed by atoms with E-state index in [9.17, 15) is 14.7 Å². The molecule has 8 heteroatoms. The van der Waals surface area contributed by atoms with Gasteiger partial charge in [-0.3, -0.25) is 9.78 Å². The van der Waals surface area contributed by atoms with Crippen LogP contribution in [0.5, 0.6) is 0 Å². The minimum absolute atomic E-state index is 0.0751. The Labute approximate surface area is 179 Å². The van der Waals surface area contributed by atoms with Crippen molar-refractivity contribution in [1.82, 2.24) is 10.3 Å². The highest BCUT2D eigenvalue weighted by Crippen LogP contribution is 2.30. The Bertz CT molecular complexity index is 992. The van der Waals surface area contributed by atoms with Gasteiger partial charge in [-0.2, -0.15) is 0 Å². The molecule has 7 nitrogen and oxygen atoms in total. The number of pyridine rings is 1. The van der Waals surface area contributed by atoms with Crippen LogP contribution in [0, 0.1) is 0 Å². The summed E-state index contributed by atoms with van der Waals surface area (Å²) in [5, 5.41) is 16.6. The van der Waals surface area contributed by atoms with Crippen LogP contribution < -0.4 is 10.6 Å². The Morgan fingerprint density at radius 1 is 1.20 bits per heavy atom. The summed E-state index contributed by atoms with van der Waals surface area (Å²) < 4.78 is 6.25. The molecule has 0 bridgehead atoms. The second-order valence-corrected chi connectivity index (χ2v) is 8.93. The Hall–Kier alpha value is -2.97. The number of aromatic nitrogens is 1. The molecule has 0 saturated carbocycles. The lowest BCUT2D eigenvalue weighted by molar-refractivity contribution is -0.117. The second kappa shape index (κ2) is 9.23. The first-order chi connectivity index (χ1) is 14.2. The number of fused-ring (bicyclic) bond motifs is 1. The molecule has 3 N–H and O–H groups in total. The lowest BCUT2D eigenvalue weighted by Crippen LogP contribution is -2.37. The number of nitrogens with one attached hydrogen (secondary N) is 2. The first-order valence-corrected chi connectivity index (χ1v) is 10.4. The summed E-state index contributed by atoms with van der Waals surface area (Å²) >= 11 is 1.44. The molecular formula is C22H25N3O4S. The van der Waals surface area contributed by atoms with Crippen LogP contribution in [0.15, 0.2) is 48.8 Å². The maximum atomic E-state index is 13.1. The van der Waals surface area contributed by atoms with Gasteiger partial charge in [0.25, 0.3) is 0 Å². The first-order valence-electron chi connectivity index (χ1n) is 9.56. The molecule has 0 fully saturated rings. The Morgan fingerprint density at radius 3 is 2.57 bits per heavy atom. The second-order valence-electron chi connectivity index (χ2n) is 7.85. The van der Waals surface area contributed by atoms with E-state index in [1.165, 1.54) is 11.3 Å². The maximum absolute atomic E-state index is 13.1. The summed E-state index contributed by atoms with van der Waals surface area (Å²) in [5.74, 6) is -0.879. The number of amides is 2. The number of carbonyl (C=O) groups is 2. The molecule has 2 amide bonds.